The minimum atomic E-state index is 0.810. The average Bonchev–Trinajstić information content (AvgIpc) is 2.32. The van der Waals surface area contributed by atoms with Crippen molar-refractivity contribution in [1.29, 1.82) is 0 Å². The molecule has 0 amide bonds. The van der Waals surface area contributed by atoms with E-state index < -0.39 is 0 Å². The second kappa shape index (κ2) is 5.87. The molecule has 1 aromatic rings. The largest absolute Gasteiger partial charge is 0.371 e. The summed E-state index contributed by atoms with van der Waals surface area (Å²) in [5.41, 5.74) is 2.78. The number of nitrogens with one attached hydrogen (secondary N) is 1. The summed E-state index contributed by atoms with van der Waals surface area (Å²) in [6.45, 7) is 5.67. The first-order valence-corrected chi connectivity index (χ1v) is 7.18. The molecule has 1 heterocycles. The van der Waals surface area contributed by atoms with Gasteiger partial charge >= 0.3 is 0 Å². The highest BCUT2D eigenvalue weighted by Crippen LogP contribution is 2.29. The Morgan fingerprint density at radius 1 is 1.47 bits per heavy atom. The SMILES string of the molecule is CNCc1ccc(Br)cc1N1CCCC(C)C1. The van der Waals surface area contributed by atoms with Crippen LogP contribution in [0.5, 0.6) is 0 Å². The Labute approximate surface area is 113 Å². The monoisotopic (exact) mass is 296 g/mol. The van der Waals surface area contributed by atoms with Gasteiger partial charge in [0.25, 0.3) is 0 Å². The van der Waals surface area contributed by atoms with Crippen LogP contribution in [0.15, 0.2) is 22.7 Å². The first kappa shape index (κ1) is 12.9. The van der Waals surface area contributed by atoms with Gasteiger partial charge in [-0.05, 0) is 43.5 Å². The molecule has 2 nitrogen and oxygen atoms in total. The van der Waals surface area contributed by atoms with Crippen LogP contribution >= 0.6 is 15.9 Å². The van der Waals surface area contributed by atoms with Gasteiger partial charge in [0.2, 0.25) is 0 Å². The Kier molecular flexibility index (Phi) is 4.46. The maximum Gasteiger partial charge on any atom is 0.0423 e. The van der Waals surface area contributed by atoms with E-state index in [9.17, 15) is 0 Å². The van der Waals surface area contributed by atoms with E-state index in [1.165, 1.54) is 41.7 Å². The summed E-state index contributed by atoms with van der Waals surface area (Å²) in [6, 6.07) is 6.60. The van der Waals surface area contributed by atoms with Gasteiger partial charge in [-0.3, -0.25) is 0 Å². The normalized spacial score (nSPS) is 20.6. The van der Waals surface area contributed by atoms with E-state index in [1.807, 2.05) is 7.05 Å². The van der Waals surface area contributed by atoms with Crippen molar-refractivity contribution >= 4 is 21.6 Å². The van der Waals surface area contributed by atoms with Crippen LogP contribution in [0.3, 0.4) is 0 Å². The van der Waals surface area contributed by atoms with Gasteiger partial charge in [-0.25, -0.2) is 0 Å². The first-order valence-electron chi connectivity index (χ1n) is 6.38. The maximum atomic E-state index is 3.58. The average molecular weight is 297 g/mol. The second-order valence-corrected chi connectivity index (χ2v) is 5.91. The molecule has 0 spiro atoms. The molecule has 0 bridgehead atoms. The molecular formula is C14H21BrN2. The van der Waals surface area contributed by atoms with Crippen molar-refractivity contribution < 1.29 is 0 Å². The van der Waals surface area contributed by atoms with E-state index >= 15 is 0 Å². The molecule has 1 unspecified atom stereocenters. The number of nitrogens with zero attached hydrogens (tertiary/aromatic N) is 1. The molecule has 1 saturated heterocycles. The Balaban J connectivity index is 2.25. The Morgan fingerprint density at radius 2 is 2.29 bits per heavy atom. The summed E-state index contributed by atoms with van der Waals surface area (Å²) in [4.78, 5) is 2.53. The number of anilines is 1. The van der Waals surface area contributed by atoms with E-state index in [0.29, 0.717) is 0 Å². The smallest absolute Gasteiger partial charge is 0.0423 e. The maximum absolute atomic E-state index is 3.58. The quantitative estimate of drug-likeness (QED) is 0.920. The van der Waals surface area contributed by atoms with Gasteiger partial charge in [0.1, 0.15) is 0 Å². The van der Waals surface area contributed by atoms with Gasteiger partial charge in [-0.1, -0.05) is 28.9 Å². The number of halogens is 1. The van der Waals surface area contributed by atoms with Gasteiger partial charge in [-0.2, -0.15) is 0 Å². The summed E-state index contributed by atoms with van der Waals surface area (Å²) in [6.07, 6.45) is 2.68. The molecule has 1 aromatic carbocycles. The number of hydrogen-bond donors (Lipinski definition) is 1. The lowest BCUT2D eigenvalue weighted by atomic mass is 9.99. The molecule has 3 heteroatoms. The number of piperidine rings is 1. The molecule has 0 radical (unpaired) electrons. The lowest BCUT2D eigenvalue weighted by molar-refractivity contribution is 0.446. The molecule has 17 heavy (non-hydrogen) atoms. The van der Waals surface area contributed by atoms with Gasteiger partial charge in [-0.15, -0.1) is 0 Å². The van der Waals surface area contributed by atoms with Crippen molar-refractivity contribution in [3.63, 3.8) is 0 Å². The standard InChI is InChI=1S/C14H21BrN2/c1-11-4-3-7-17(10-11)14-8-13(15)6-5-12(14)9-16-2/h5-6,8,11,16H,3-4,7,9-10H2,1-2H3. The van der Waals surface area contributed by atoms with Crippen molar-refractivity contribution in [1.82, 2.24) is 5.32 Å². The lowest BCUT2D eigenvalue weighted by Gasteiger charge is -2.34. The van der Waals surface area contributed by atoms with Crippen molar-refractivity contribution in [3.05, 3.63) is 28.2 Å². The van der Waals surface area contributed by atoms with Gasteiger partial charge in [0.15, 0.2) is 0 Å². The molecule has 2 rings (SSSR count). The molecule has 1 aliphatic rings. The van der Waals surface area contributed by atoms with Crippen LogP contribution in [0.1, 0.15) is 25.3 Å². The minimum absolute atomic E-state index is 0.810. The predicted molar refractivity (Wildman–Crippen MR) is 77.5 cm³/mol. The zero-order valence-electron chi connectivity index (χ0n) is 10.7. The zero-order chi connectivity index (χ0) is 12.3. The third-order valence-electron chi connectivity index (χ3n) is 3.41. The van der Waals surface area contributed by atoms with Crippen LogP contribution in [0, 0.1) is 5.92 Å². The van der Waals surface area contributed by atoms with Crippen molar-refractivity contribution in [2.45, 2.75) is 26.3 Å². The third-order valence-corrected chi connectivity index (χ3v) is 3.91. The highest BCUT2D eigenvalue weighted by molar-refractivity contribution is 9.10. The van der Waals surface area contributed by atoms with Gasteiger partial charge in [0, 0.05) is 29.8 Å². The Morgan fingerprint density at radius 3 is 3.00 bits per heavy atom. The fraction of sp³-hybridized carbons (Fsp3) is 0.571. The minimum Gasteiger partial charge on any atom is -0.371 e. The molecule has 0 aliphatic carbocycles. The van der Waals surface area contributed by atoms with Gasteiger partial charge in [0.05, 0.1) is 0 Å². The second-order valence-electron chi connectivity index (χ2n) is 5.00. The molecule has 1 N–H and O–H groups in total. The van der Waals surface area contributed by atoms with Crippen LogP contribution in [-0.2, 0) is 6.54 Å². The van der Waals surface area contributed by atoms with E-state index in [0.717, 1.165) is 12.5 Å². The van der Waals surface area contributed by atoms with E-state index in [-0.39, 0.29) is 0 Å². The van der Waals surface area contributed by atoms with Gasteiger partial charge < -0.3 is 10.2 Å². The van der Waals surface area contributed by atoms with Crippen LogP contribution in [0.4, 0.5) is 5.69 Å². The predicted octanol–water partition coefficient (Wildman–Crippen LogP) is 3.40. The molecule has 0 saturated carbocycles. The fourth-order valence-corrected chi connectivity index (χ4v) is 2.93. The van der Waals surface area contributed by atoms with Crippen LogP contribution in [0.25, 0.3) is 0 Å². The van der Waals surface area contributed by atoms with Crippen molar-refractivity contribution in [2.24, 2.45) is 5.92 Å². The number of benzene rings is 1. The van der Waals surface area contributed by atoms with E-state index in [1.54, 1.807) is 0 Å². The van der Waals surface area contributed by atoms with Crippen molar-refractivity contribution in [3.8, 4) is 0 Å². The molecule has 94 valence electrons. The molecule has 1 aliphatic heterocycles. The summed E-state index contributed by atoms with van der Waals surface area (Å²) >= 11 is 3.58. The Bertz CT molecular complexity index is 378. The summed E-state index contributed by atoms with van der Waals surface area (Å²) < 4.78 is 1.17. The summed E-state index contributed by atoms with van der Waals surface area (Å²) in [7, 11) is 2.00. The number of hydrogen-bond acceptors (Lipinski definition) is 2. The Hall–Kier alpha value is -0.540. The molecule has 1 fully saturated rings. The van der Waals surface area contributed by atoms with Crippen LogP contribution < -0.4 is 10.2 Å². The van der Waals surface area contributed by atoms with Crippen LogP contribution in [0.2, 0.25) is 0 Å². The number of rotatable bonds is 3. The molecule has 0 aromatic heterocycles. The molecular weight excluding hydrogens is 276 g/mol. The lowest BCUT2D eigenvalue weighted by Crippen LogP contribution is -2.35. The third kappa shape index (κ3) is 3.23. The highest BCUT2D eigenvalue weighted by atomic mass is 79.9. The van der Waals surface area contributed by atoms with E-state index in [4.69, 9.17) is 0 Å². The topological polar surface area (TPSA) is 15.3 Å². The fourth-order valence-electron chi connectivity index (χ4n) is 2.58. The highest BCUT2D eigenvalue weighted by Gasteiger charge is 2.18. The summed E-state index contributed by atoms with van der Waals surface area (Å²) in [5.74, 6) is 0.810. The van der Waals surface area contributed by atoms with E-state index in [2.05, 4.69) is 51.3 Å². The van der Waals surface area contributed by atoms with Crippen LogP contribution in [-0.4, -0.2) is 20.1 Å². The zero-order valence-corrected chi connectivity index (χ0v) is 12.3. The first-order chi connectivity index (χ1) is 8.20. The van der Waals surface area contributed by atoms with Crippen molar-refractivity contribution in [2.75, 3.05) is 25.0 Å². The molecule has 1 atom stereocenters. The summed E-state index contributed by atoms with van der Waals surface area (Å²) in [5, 5.41) is 3.25.